The first-order valence-electron chi connectivity index (χ1n) is 7.63. The normalized spacial score (nSPS) is 38.1. The van der Waals surface area contributed by atoms with Crippen molar-refractivity contribution < 1.29 is 9.90 Å². The second-order valence-electron chi connectivity index (χ2n) is 7.01. The highest BCUT2D eigenvalue weighted by Crippen LogP contribution is 2.60. The number of hydrogen-bond acceptors (Lipinski definition) is 2. The predicted molar refractivity (Wildman–Crippen MR) is 78.3 cm³/mol. The van der Waals surface area contributed by atoms with Crippen molar-refractivity contribution >= 4 is 17.9 Å². The van der Waals surface area contributed by atoms with Gasteiger partial charge < -0.3 is 5.11 Å². The Kier molecular flexibility index (Phi) is 2.85. The molecule has 0 heterocycles. The van der Waals surface area contributed by atoms with Gasteiger partial charge in [0, 0.05) is 5.02 Å². The maximum absolute atomic E-state index is 11.1. The van der Waals surface area contributed by atoms with Gasteiger partial charge in [0.25, 0.3) is 0 Å². The summed E-state index contributed by atoms with van der Waals surface area (Å²) in [5.41, 5.74) is 1.26. The summed E-state index contributed by atoms with van der Waals surface area (Å²) in [5.74, 6) is 3.73. The van der Waals surface area contributed by atoms with Crippen molar-refractivity contribution in [1.29, 1.82) is 0 Å². The summed E-state index contributed by atoms with van der Waals surface area (Å²) in [6.45, 7) is 0. The molecule has 0 atom stereocenters. The van der Waals surface area contributed by atoms with E-state index in [1.165, 1.54) is 32.1 Å². The summed E-state index contributed by atoms with van der Waals surface area (Å²) in [5, 5.41) is 11.0. The number of rotatable bonds is 2. The Morgan fingerprint density at radius 1 is 1.05 bits per heavy atom. The predicted octanol–water partition coefficient (Wildman–Crippen LogP) is 4.40. The van der Waals surface area contributed by atoms with Crippen molar-refractivity contribution in [1.82, 2.24) is 0 Å². The fourth-order valence-corrected chi connectivity index (χ4v) is 5.65. The van der Waals surface area contributed by atoms with Gasteiger partial charge in [-0.2, -0.15) is 0 Å². The number of aromatic hydroxyl groups is 1. The van der Waals surface area contributed by atoms with Crippen molar-refractivity contribution in [2.75, 3.05) is 0 Å². The lowest BCUT2D eigenvalue weighted by atomic mass is 9.50. The van der Waals surface area contributed by atoms with Gasteiger partial charge in [-0.3, -0.25) is 4.79 Å². The number of benzene rings is 1. The summed E-state index contributed by atoms with van der Waals surface area (Å²) in [7, 11) is 0. The molecule has 0 spiro atoms. The van der Waals surface area contributed by atoms with Crippen LogP contribution in [0.5, 0.6) is 5.75 Å². The lowest BCUT2D eigenvalue weighted by Gasteiger charge is -2.54. The third-order valence-electron chi connectivity index (χ3n) is 5.85. The molecule has 4 saturated carbocycles. The molecule has 5 rings (SSSR count). The van der Waals surface area contributed by atoms with E-state index in [0.717, 1.165) is 17.4 Å². The molecule has 4 fully saturated rings. The molecule has 4 aliphatic rings. The summed E-state index contributed by atoms with van der Waals surface area (Å²) in [6, 6.07) is 3.44. The fourth-order valence-electron chi connectivity index (χ4n) is 5.42. The van der Waals surface area contributed by atoms with E-state index in [1.807, 2.05) is 6.07 Å². The van der Waals surface area contributed by atoms with Gasteiger partial charge in [-0.25, -0.2) is 0 Å². The van der Waals surface area contributed by atoms with Crippen molar-refractivity contribution in [2.45, 2.75) is 38.0 Å². The maximum atomic E-state index is 11.1. The molecular formula is C17H19ClO2. The molecule has 0 amide bonds. The van der Waals surface area contributed by atoms with E-state index < -0.39 is 0 Å². The molecular weight excluding hydrogens is 272 g/mol. The lowest BCUT2D eigenvalue weighted by Crippen LogP contribution is -2.43. The Morgan fingerprint density at radius 3 is 2.20 bits per heavy atom. The average molecular weight is 291 g/mol. The highest BCUT2D eigenvalue weighted by molar-refractivity contribution is 6.31. The molecule has 3 heteroatoms. The van der Waals surface area contributed by atoms with Crippen LogP contribution >= 0.6 is 11.6 Å². The number of halogens is 1. The smallest absolute Gasteiger partial charge is 0.153 e. The molecule has 0 aliphatic heterocycles. The molecule has 0 aromatic heterocycles. The molecule has 106 valence electrons. The molecule has 0 unspecified atom stereocenters. The minimum Gasteiger partial charge on any atom is -0.507 e. The van der Waals surface area contributed by atoms with Gasteiger partial charge in [0.1, 0.15) is 5.75 Å². The quantitative estimate of drug-likeness (QED) is 0.820. The van der Waals surface area contributed by atoms with E-state index in [0.29, 0.717) is 34.6 Å². The minimum absolute atomic E-state index is 0.168. The van der Waals surface area contributed by atoms with Crippen LogP contribution in [0, 0.1) is 23.7 Å². The molecule has 20 heavy (non-hydrogen) atoms. The standard InChI is InChI=1S/C17H19ClO2/c18-14-6-13(8-19)17(20)15(7-14)16-11-2-9-1-10(4-11)5-12(16)3-9/h6-12,16,20H,1-5H2. The molecule has 4 aliphatic carbocycles. The van der Waals surface area contributed by atoms with E-state index in [-0.39, 0.29) is 5.75 Å². The second kappa shape index (κ2) is 4.49. The molecule has 2 nitrogen and oxygen atoms in total. The zero-order chi connectivity index (χ0) is 13.9. The zero-order valence-electron chi connectivity index (χ0n) is 11.4. The summed E-state index contributed by atoms with van der Waals surface area (Å²) >= 11 is 6.14. The van der Waals surface area contributed by atoms with Crippen molar-refractivity contribution in [3.8, 4) is 5.75 Å². The van der Waals surface area contributed by atoms with E-state index in [9.17, 15) is 9.90 Å². The third-order valence-corrected chi connectivity index (χ3v) is 6.06. The number of phenolic OH excluding ortho intramolecular Hbond substituents is 1. The molecule has 0 radical (unpaired) electrons. The number of aldehydes is 1. The van der Waals surface area contributed by atoms with Gasteiger partial charge in [-0.1, -0.05) is 11.6 Å². The second-order valence-corrected chi connectivity index (χ2v) is 7.44. The first kappa shape index (κ1) is 12.7. The Bertz CT molecular complexity index is 538. The number of phenols is 1. The van der Waals surface area contributed by atoms with E-state index in [1.54, 1.807) is 6.07 Å². The van der Waals surface area contributed by atoms with Crippen LogP contribution < -0.4 is 0 Å². The molecule has 1 aromatic rings. The van der Waals surface area contributed by atoms with Gasteiger partial charge >= 0.3 is 0 Å². The number of hydrogen-bond donors (Lipinski definition) is 1. The van der Waals surface area contributed by atoms with Crippen LogP contribution in [-0.2, 0) is 0 Å². The molecule has 1 aromatic carbocycles. The van der Waals surface area contributed by atoms with Crippen LogP contribution in [0.1, 0.15) is 53.9 Å². The Hall–Kier alpha value is -1.02. The fraction of sp³-hybridized carbons (Fsp3) is 0.588. The highest BCUT2D eigenvalue weighted by Gasteiger charge is 2.49. The SMILES string of the molecule is O=Cc1cc(Cl)cc(C2C3CC4CC(C3)CC2C4)c1O. The van der Waals surface area contributed by atoms with Crippen molar-refractivity contribution in [3.05, 3.63) is 28.3 Å². The van der Waals surface area contributed by atoms with Gasteiger partial charge in [0.15, 0.2) is 6.29 Å². The summed E-state index contributed by atoms with van der Waals surface area (Å²) in [6.07, 6.45) is 7.29. The molecule has 0 saturated heterocycles. The van der Waals surface area contributed by atoms with E-state index in [4.69, 9.17) is 11.6 Å². The number of carbonyl (C=O) groups is 1. The van der Waals surface area contributed by atoms with E-state index in [2.05, 4.69) is 0 Å². The van der Waals surface area contributed by atoms with E-state index >= 15 is 0 Å². The summed E-state index contributed by atoms with van der Waals surface area (Å²) in [4.78, 5) is 11.1. The van der Waals surface area contributed by atoms with Crippen LogP contribution in [0.3, 0.4) is 0 Å². The van der Waals surface area contributed by atoms with Crippen molar-refractivity contribution in [2.24, 2.45) is 23.7 Å². The molecule has 1 N–H and O–H groups in total. The third kappa shape index (κ3) is 1.81. The zero-order valence-corrected chi connectivity index (χ0v) is 12.1. The lowest BCUT2D eigenvalue weighted by molar-refractivity contribution is -0.00349. The summed E-state index contributed by atoms with van der Waals surface area (Å²) < 4.78 is 0. The van der Waals surface area contributed by atoms with Crippen LogP contribution in [0.4, 0.5) is 0 Å². The highest BCUT2D eigenvalue weighted by atomic mass is 35.5. The van der Waals surface area contributed by atoms with Gasteiger partial charge in [0.2, 0.25) is 0 Å². The topological polar surface area (TPSA) is 37.3 Å². The van der Waals surface area contributed by atoms with Gasteiger partial charge in [-0.15, -0.1) is 0 Å². The van der Waals surface area contributed by atoms with Crippen LogP contribution in [0.25, 0.3) is 0 Å². The Morgan fingerprint density at radius 2 is 1.65 bits per heavy atom. The Labute approximate surface area is 124 Å². The molecule has 4 bridgehead atoms. The average Bonchev–Trinajstić information content (AvgIpc) is 2.40. The number of carbonyl (C=O) groups excluding carboxylic acids is 1. The minimum atomic E-state index is 0.168. The first-order chi connectivity index (χ1) is 9.65. The largest absolute Gasteiger partial charge is 0.507 e. The first-order valence-corrected chi connectivity index (χ1v) is 8.01. The van der Waals surface area contributed by atoms with Gasteiger partial charge in [-0.05, 0) is 79.4 Å². The monoisotopic (exact) mass is 290 g/mol. The van der Waals surface area contributed by atoms with Crippen LogP contribution in [0.2, 0.25) is 5.02 Å². The Balaban J connectivity index is 1.78. The van der Waals surface area contributed by atoms with Crippen LogP contribution in [-0.4, -0.2) is 11.4 Å². The van der Waals surface area contributed by atoms with Crippen molar-refractivity contribution in [3.63, 3.8) is 0 Å². The van der Waals surface area contributed by atoms with Crippen LogP contribution in [0.15, 0.2) is 12.1 Å². The van der Waals surface area contributed by atoms with Gasteiger partial charge in [0.05, 0.1) is 5.56 Å². The maximum Gasteiger partial charge on any atom is 0.153 e.